The fourth-order valence-corrected chi connectivity index (χ4v) is 5.28. The second-order valence-electron chi connectivity index (χ2n) is 8.62. The number of benzene rings is 3. The lowest BCUT2D eigenvalue weighted by Crippen LogP contribution is -2.36. The van der Waals surface area contributed by atoms with Crippen molar-refractivity contribution in [3.05, 3.63) is 94.3 Å². The number of nitrogens with zero attached hydrogens (tertiary/aromatic N) is 2. The summed E-state index contributed by atoms with van der Waals surface area (Å²) < 4.78 is 37.3. The Morgan fingerprint density at radius 1 is 1.05 bits per heavy atom. The number of anilines is 1. The van der Waals surface area contributed by atoms with Crippen LogP contribution in [0.15, 0.2) is 86.9 Å². The number of hydrogen-bond acceptors (Lipinski definition) is 7. The number of ether oxygens (including phenoxy) is 1. The van der Waals surface area contributed by atoms with Crippen LogP contribution in [0.2, 0.25) is 0 Å². The van der Waals surface area contributed by atoms with Crippen LogP contribution < -0.4 is 21.0 Å². The molecule has 1 aliphatic heterocycles. The number of pyridine rings is 1. The average molecular weight is 519 g/mol. The summed E-state index contributed by atoms with van der Waals surface area (Å²) in [6.45, 7) is 2.83. The van der Waals surface area contributed by atoms with Gasteiger partial charge < -0.3 is 20.6 Å². The van der Waals surface area contributed by atoms with Crippen molar-refractivity contribution in [2.45, 2.75) is 31.3 Å². The Balaban J connectivity index is 1.54. The van der Waals surface area contributed by atoms with Crippen LogP contribution in [-0.2, 0) is 16.6 Å². The number of hydrogen-bond donors (Lipinski definition) is 3. The average Bonchev–Trinajstić information content (AvgIpc) is 2.90. The van der Waals surface area contributed by atoms with E-state index in [4.69, 9.17) is 4.74 Å². The molecule has 190 valence electrons. The van der Waals surface area contributed by atoms with Crippen molar-refractivity contribution in [2.24, 2.45) is 4.40 Å². The number of aromatic hydroxyl groups is 1. The van der Waals surface area contributed by atoms with Gasteiger partial charge in [0.25, 0.3) is 15.6 Å². The molecule has 0 fully saturated rings. The van der Waals surface area contributed by atoms with Gasteiger partial charge in [-0.2, -0.15) is 8.42 Å². The molecule has 0 amide bonds. The highest BCUT2D eigenvalue weighted by atomic mass is 32.2. The second-order valence-corrected chi connectivity index (χ2v) is 10.2. The van der Waals surface area contributed by atoms with E-state index in [1.165, 1.54) is 10.7 Å². The molecule has 0 aliphatic carbocycles. The van der Waals surface area contributed by atoms with Gasteiger partial charge >= 0.3 is 0 Å². The van der Waals surface area contributed by atoms with Gasteiger partial charge in [-0.25, -0.2) is 4.68 Å². The molecule has 3 aromatic carbocycles. The summed E-state index contributed by atoms with van der Waals surface area (Å²) in [6, 6.07) is 20.9. The zero-order valence-corrected chi connectivity index (χ0v) is 21.0. The summed E-state index contributed by atoms with van der Waals surface area (Å²) in [4.78, 5) is 13.4. The molecule has 0 bridgehead atoms. The summed E-state index contributed by atoms with van der Waals surface area (Å²) in [5, 5.41) is 14.4. The van der Waals surface area contributed by atoms with Gasteiger partial charge in [0.15, 0.2) is 5.84 Å². The first kappa shape index (κ1) is 24.4. The van der Waals surface area contributed by atoms with E-state index in [0.717, 1.165) is 18.4 Å². The molecule has 10 heteroatoms. The Bertz CT molecular complexity index is 1660. The van der Waals surface area contributed by atoms with Crippen LogP contribution in [-0.4, -0.2) is 30.6 Å². The van der Waals surface area contributed by atoms with Crippen LogP contribution in [0.4, 0.5) is 5.69 Å². The van der Waals surface area contributed by atoms with Gasteiger partial charge in [0, 0.05) is 18.0 Å². The Labute approximate surface area is 214 Å². The summed E-state index contributed by atoms with van der Waals surface area (Å²) in [5.41, 5.74) is 3.89. The van der Waals surface area contributed by atoms with Crippen molar-refractivity contribution in [2.75, 3.05) is 17.3 Å². The van der Waals surface area contributed by atoms with E-state index in [0.29, 0.717) is 23.2 Å². The standard InChI is InChI=1S/C27H26N4O5S/c1-2-3-15-28-31-22-12-8-7-11-20(22)25(32)24(27(31)33)26-29-21-14-13-19(16-23(21)37(34,35)30-26)36-17-18-9-5-4-6-10-18/h4-14,16,28,32H,2-3,15,17H2,1H3,(H,29,30). The number of unbranched alkanes of at least 4 members (excludes halogenated alkanes) is 1. The van der Waals surface area contributed by atoms with Crippen molar-refractivity contribution < 1.29 is 18.3 Å². The number of para-hydroxylation sites is 1. The predicted octanol–water partition coefficient (Wildman–Crippen LogP) is 4.19. The molecule has 0 saturated heterocycles. The lowest BCUT2D eigenvalue weighted by atomic mass is 10.1. The summed E-state index contributed by atoms with van der Waals surface area (Å²) in [5.74, 6) is -0.228. The lowest BCUT2D eigenvalue weighted by molar-refractivity contribution is 0.305. The molecule has 0 spiro atoms. The monoisotopic (exact) mass is 518 g/mol. The molecular formula is C27H26N4O5S. The molecule has 1 aliphatic rings. The molecule has 5 rings (SSSR count). The van der Waals surface area contributed by atoms with Gasteiger partial charge in [-0.1, -0.05) is 55.8 Å². The van der Waals surface area contributed by atoms with Crippen LogP contribution >= 0.6 is 0 Å². The Morgan fingerprint density at radius 3 is 2.59 bits per heavy atom. The number of nitrogens with one attached hydrogen (secondary N) is 2. The predicted molar refractivity (Wildman–Crippen MR) is 144 cm³/mol. The van der Waals surface area contributed by atoms with Gasteiger partial charge in [-0.05, 0) is 36.2 Å². The van der Waals surface area contributed by atoms with Gasteiger partial charge in [-0.15, -0.1) is 4.40 Å². The van der Waals surface area contributed by atoms with Crippen molar-refractivity contribution in [1.29, 1.82) is 0 Å². The zero-order valence-electron chi connectivity index (χ0n) is 20.1. The van der Waals surface area contributed by atoms with E-state index < -0.39 is 15.6 Å². The quantitative estimate of drug-likeness (QED) is 0.299. The highest BCUT2D eigenvalue weighted by molar-refractivity contribution is 7.90. The molecule has 37 heavy (non-hydrogen) atoms. The van der Waals surface area contributed by atoms with E-state index >= 15 is 0 Å². The van der Waals surface area contributed by atoms with Gasteiger partial charge in [0.1, 0.15) is 28.6 Å². The molecule has 1 aromatic heterocycles. The van der Waals surface area contributed by atoms with Gasteiger partial charge in [-0.3, -0.25) is 4.79 Å². The Kier molecular flexibility index (Phi) is 6.58. The summed E-state index contributed by atoms with van der Waals surface area (Å²) in [7, 11) is -4.20. The van der Waals surface area contributed by atoms with Gasteiger partial charge in [0.2, 0.25) is 0 Å². The maximum Gasteiger partial charge on any atom is 0.286 e. The van der Waals surface area contributed by atoms with E-state index in [2.05, 4.69) is 15.1 Å². The second kappa shape index (κ2) is 9.98. The van der Waals surface area contributed by atoms with Crippen LogP contribution in [0.3, 0.4) is 0 Å². The third-order valence-corrected chi connectivity index (χ3v) is 7.35. The summed E-state index contributed by atoms with van der Waals surface area (Å²) in [6.07, 6.45) is 1.75. The maximum atomic E-state index is 13.5. The van der Waals surface area contributed by atoms with E-state index in [9.17, 15) is 18.3 Å². The highest BCUT2D eigenvalue weighted by Crippen LogP contribution is 2.34. The number of sulfonamides is 1. The minimum absolute atomic E-state index is 0.0801. The van der Waals surface area contributed by atoms with Crippen LogP contribution in [0.1, 0.15) is 30.9 Å². The van der Waals surface area contributed by atoms with Crippen molar-refractivity contribution in [3.63, 3.8) is 0 Å². The fraction of sp³-hybridized carbons (Fsp3) is 0.185. The van der Waals surface area contributed by atoms with Crippen molar-refractivity contribution in [1.82, 2.24) is 4.68 Å². The number of aromatic nitrogens is 1. The largest absolute Gasteiger partial charge is 0.506 e. The van der Waals surface area contributed by atoms with Gasteiger partial charge in [0.05, 0.1) is 11.2 Å². The molecule has 0 radical (unpaired) electrons. The Morgan fingerprint density at radius 2 is 1.81 bits per heavy atom. The first-order chi connectivity index (χ1) is 17.9. The van der Waals surface area contributed by atoms with Crippen molar-refractivity contribution in [3.8, 4) is 11.5 Å². The Hall–Kier alpha value is -4.31. The molecule has 0 atom stereocenters. The topological polar surface area (TPSA) is 122 Å². The van der Waals surface area contributed by atoms with E-state index in [-0.39, 0.29) is 34.3 Å². The maximum absolute atomic E-state index is 13.5. The molecule has 4 aromatic rings. The van der Waals surface area contributed by atoms with Crippen molar-refractivity contribution >= 4 is 32.4 Å². The number of rotatable bonds is 8. The van der Waals surface area contributed by atoms with E-state index in [1.54, 1.807) is 36.4 Å². The lowest BCUT2D eigenvalue weighted by Gasteiger charge is -2.21. The number of fused-ring (bicyclic) bond motifs is 2. The third-order valence-electron chi connectivity index (χ3n) is 6.03. The van der Waals surface area contributed by atoms with Crippen LogP contribution in [0.5, 0.6) is 11.5 Å². The summed E-state index contributed by atoms with van der Waals surface area (Å²) >= 11 is 0. The zero-order chi connectivity index (χ0) is 26.0. The first-order valence-corrected chi connectivity index (χ1v) is 13.4. The molecule has 2 heterocycles. The molecular weight excluding hydrogens is 492 g/mol. The molecule has 0 unspecified atom stereocenters. The SMILES string of the molecule is CCCCNn1c(=O)c(C2=NS(=O)(=O)c3cc(OCc4ccccc4)ccc3N2)c(O)c2ccccc21. The normalized spacial score (nSPS) is 13.9. The molecule has 9 nitrogen and oxygen atoms in total. The fourth-order valence-electron chi connectivity index (χ4n) is 4.14. The minimum Gasteiger partial charge on any atom is -0.506 e. The minimum atomic E-state index is -4.20. The highest BCUT2D eigenvalue weighted by Gasteiger charge is 2.30. The molecule has 3 N–H and O–H groups in total. The first-order valence-electron chi connectivity index (χ1n) is 11.9. The number of amidine groups is 1. The third kappa shape index (κ3) is 4.75. The van der Waals surface area contributed by atoms with Crippen LogP contribution in [0, 0.1) is 0 Å². The molecule has 0 saturated carbocycles. The van der Waals surface area contributed by atoms with E-state index in [1.807, 2.05) is 37.3 Å². The van der Waals surface area contributed by atoms with Crippen LogP contribution in [0.25, 0.3) is 10.9 Å². The smallest absolute Gasteiger partial charge is 0.286 e.